The third-order valence-electron chi connectivity index (χ3n) is 1.97. The maximum atomic E-state index is 10.5. The predicted octanol–water partition coefficient (Wildman–Crippen LogP) is 0.417. The van der Waals surface area contributed by atoms with Gasteiger partial charge in [0.05, 0.1) is 12.6 Å². The van der Waals surface area contributed by atoms with Gasteiger partial charge in [0.2, 0.25) is 0 Å². The number of aromatic amines is 1. The summed E-state index contributed by atoms with van der Waals surface area (Å²) >= 11 is 0. The van der Waals surface area contributed by atoms with Crippen LogP contribution in [0.2, 0.25) is 0 Å². The smallest absolute Gasteiger partial charge is 0.352 e. The van der Waals surface area contributed by atoms with Crippen molar-refractivity contribution in [1.29, 1.82) is 0 Å². The average molecular weight is 226 g/mol. The number of carbonyl (C=O) groups is 1. The van der Waals surface area contributed by atoms with Gasteiger partial charge in [0.25, 0.3) is 0 Å². The van der Waals surface area contributed by atoms with Crippen molar-refractivity contribution in [3.63, 3.8) is 0 Å². The Hall–Kier alpha value is -2.02. The molecule has 0 radical (unpaired) electrons. The minimum Gasteiger partial charge on any atom is -0.477 e. The van der Waals surface area contributed by atoms with Crippen molar-refractivity contribution in [2.45, 2.75) is 12.2 Å². The van der Waals surface area contributed by atoms with Crippen LogP contribution in [0.1, 0.15) is 22.2 Å². The largest absolute Gasteiger partial charge is 0.477 e. The molecule has 0 aliphatic carbocycles. The fraction of sp³-hybridized carbons (Fsp3) is 0.375. The van der Waals surface area contributed by atoms with Gasteiger partial charge in [-0.05, 0) is 11.6 Å². The first-order valence-corrected chi connectivity index (χ1v) is 4.35. The summed E-state index contributed by atoms with van der Waals surface area (Å²) in [5, 5.41) is 30.7. The molecule has 0 amide bonds. The molecule has 2 unspecified atom stereocenters. The van der Waals surface area contributed by atoms with E-state index in [1.807, 2.05) is 0 Å². The second kappa shape index (κ2) is 5.17. The molecule has 1 heterocycles. The van der Waals surface area contributed by atoms with E-state index in [2.05, 4.69) is 15.0 Å². The van der Waals surface area contributed by atoms with Gasteiger partial charge >= 0.3 is 5.97 Å². The van der Waals surface area contributed by atoms with Crippen molar-refractivity contribution in [1.82, 2.24) is 4.98 Å². The number of rotatable bonds is 5. The van der Waals surface area contributed by atoms with Gasteiger partial charge in [-0.2, -0.15) is 0 Å². The number of aliphatic hydroxyl groups is 2. The molecule has 0 saturated carbocycles. The molecule has 8 nitrogen and oxygen atoms in total. The molecule has 0 bridgehead atoms. The van der Waals surface area contributed by atoms with Crippen molar-refractivity contribution >= 4 is 5.97 Å². The lowest BCUT2D eigenvalue weighted by Gasteiger charge is -2.13. The van der Waals surface area contributed by atoms with E-state index in [1.165, 1.54) is 12.3 Å². The number of nitrogens with one attached hydrogen (secondary N) is 1. The first kappa shape index (κ1) is 12.1. The number of carboxylic acid groups (broad SMARTS) is 1. The molecule has 0 aromatic carbocycles. The molecule has 1 aromatic heterocycles. The number of aromatic nitrogens is 1. The fourth-order valence-corrected chi connectivity index (χ4v) is 1.15. The van der Waals surface area contributed by atoms with Crippen LogP contribution in [0.4, 0.5) is 0 Å². The lowest BCUT2D eigenvalue weighted by Crippen LogP contribution is -2.20. The summed E-state index contributed by atoms with van der Waals surface area (Å²) in [7, 11) is 0. The van der Waals surface area contributed by atoms with E-state index < -0.39 is 18.2 Å². The van der Waals surface area contributed by atoms with E-state index >= 15 is 0 Å². The number of hydrogen-bond donors (Lipinski definition) is 4. The normalized spacial score (nSPS) is 13.9. The van der Waals surface area contributed by atoms with Gasteiger partial charge in [0.15, 0.2) is 0 Å². The lowest BCUT2D eigenvalue weighted by atomic mass is 10.1. The number of hydrogen-bond acceptors (Lipinski definition) is 4. The number of H-pyrrole nitrogens is 1. The second-order valence-corrected chi connectivity index (χ2v) is 3.08. The molecule has 0 aliphatic heterocycles. The second-order valence-electron chi connectivity index (χ2n) is 3.08. The van der Waals surface area contributed by atoms with E-state index in [4.69, 9.17) is 10.6 Å². The zero-order valence-corrected chi connectivity index (χ0v) is 8.11. The summed E-state index contributed by atoms with van der Waals surface area (Å²) in [4.78, 5) is 15.4. The molecule has 86 valence electrons. The van der Waals surface area contributed by atoms with Crippen molar-refractivity contribution < 1.29 is 20.1 Å². The molecular weight excluding hydrogens is 216 g/mol. The first-order chi connectivity index (χ1) is 7.56. The van der Waals surface area contributed by atoms with Gasteiger partial charge in [-0.3, -0.25) is 0 Å². The fourth-order valence-electron chi connectivity index (χ4n) is 1.15. The van der Waals surface area contributed by atoms with E-state index in [9.17, 15) is 15.0 Å². The lowest BCUT2D eigenvalue weighted by molar-refractivity contribution is 0.0244. The van der Waals surface area contributed by atoms with Crippen molar-refractivity contribution in [2.75, 3.05) is 6.54 Å². The molecule has 4 N–H and O–H groups in total. The molecule has 0 spiro atoms. The summed E-state index contributed by atoms with van der Waals surface area (Å²) in [5.41, 5.74) is 8.15. The Morgan fingerprint density at radius 2 is 2.31 bits per heavy atom. The Balaban J connectivity index is 2.75. The number of aliphatic hydroxyl groups excluding tert-OH is 2. The summed E-state index contributed by atoms with van der Waals surface area (Å²) in [6, 6.07) is 1.20. The summed E-state index contributed by atoms with van der Waals surface area (Å²) in [6.45, 7) is -0.286. The van der Waals surface area contributed by atoms with Gasteiger partial charge in [-0.15, -0.1) is 0 Å². The van der Waals surface area contributed by atoms with Crippen LogP contribution < -0.4 is 0 Å². The molecule has 8 heteroatoms. The number of azide groups is 1. The highest BCUT2D eigenvalue weighted by Crippen LogP contribution is 2.18. The van der Waals surface area contributed by atoms with E-state index in [-0.39, 0.29) is 17.8 Å². The minimum atomic E-state index is -1.30. The first-order valence-electron chi connectivity index (χ1n) is 4.35. The Kier molecular flexibility index (Phi) is 3.90. The number of aromatic carboxylic acids is 1. The average Bonchev–Trinajstić information content (AvgIpc) is 2.74. The monoisotopic (exact) mass is 226 g/mol. The molecular formula is C8H10N4O4. The van der Waals surface area contributed by atoms with Gasteiger partial charge in [-0.25, -0.2) is 4.79 Å². The maximum absolute atomic E-state index is 10.5. The minimum absolute atomic E-state index is 0.0926. The molecule has 1 rings (SSSR count). The highest BCUT2D eigenvalue weighted by Gasteiger charge is 2.19. The van der Waals surface area contributed by atoms with Crippen LogP contribution in [-0.2, 0) is 0 Å². The highest BCUT2D eigenvalue weighted by molar-refractivity contribution is 5.85. The van der Waals surface area contributed by atoms with Gasteiger partial charge < -0.3 is 20.3 Å². The van der Waals surface area contributed by atoms with E-state index in [0.717, 1.165) is 0 Å². The van der Waals surface area contributed by atoms with Crippen LogP contribution in [-0.4, -0.2) is 38.9 Å². The Labute approximate surface area is 89.8 Å². The van der Waals surface area contributed by atoms with Crippen LogP contribution in [0.5, 0.6) is 0 Å². The van der Waals surface area contributed by atoms with Crippen LogP contribution in [0.3, 0.4) is 0 Å². The summed E-state index contributed by atoms with van der Waals surface area (Å²) < 4.78 is 0. The molecule has 1 aromatic rings. The van der Waals surface area contributed by atoms with Crippen LogP contribution in [0.15, 0.2) is 17.4 Å². The third-order valence-corrected chi connectivity index (χ3v) is 1.97. The van der Waals surface area contributed by atoms with Crippen LogP contribution in [0, 0.1) is 0 Å². The van der Waals surface area contributed by atoms with Crippen molar-refractivity contribution in [3.05, 3.63) is 34.0 Å². The highest BCUT2D eigenvalue weighted by atomic mass is 16.4. The zero-order chi connectivity index (χ0) is 12.1. The van der Waals surface area contributed by atoms with Crippen LogP contribution >= 0.6 is 0 Å². The standard InChI is InChI=1S/C8H10N4O4/c9-12-11-3-6(13)7(14)4-1-5(8(15)16)10-2-4/h1-2,6-7,10,13-14H,3H2,(H,15,16). The maximum Gasteiger partial charge on any atom is 0.352 e. The topological polar surface area (TPSA) is 142 Å². The Bertz CT molecular complexity index is 423. The van der Waals surface area contributed by atoms with Gasteiger partial charge in [0, 0.05) is 16.7 Å². The van der Waals surface area contributed by atoms with Crippen molar-refractivity contribution in [2.24, 2.45) is 5.11 Å². The number of nitrogens with zero attached hydrogens (tertiary/aromatic N) is 3. The van der Waals surface area contributed by atoms with E-state index in [1.54, 1.807) is 0 Å². The number of carboxylic acids is 1. The Morgan fingerprint density at radius 1 is 1.62 bits per heavy atom. The molecule has 0 fully saturated rings. The molecule has 2 atom stereocenters. The summed E-state index contributed by atoms with van der Waals surface area (Å²) in [5.74, 6) is -1.16. The van der Waals surface area contributed by atoms with Gasteiger partial charge in [0.1, 0.15) is 11.8 Å². The quantitative estimate of drug-likeness (QED) is 0.327. The zero-order valence-electron chi connectivity index (χ0n) is 8.11. The molecule has 0 aliphatic rings. The SMILES string of the molecule is [N-]=[N+]=NCC(O)C(O)c1c[nH]c(C(=O)O)c1. The van der Waals surface area contributed by atoms with E-state index in [0.29, 0.717) is 0 Å². The van der Waals surface area contributed by atoms with Crippen LogP contribution in [0.25, 0.3) is 10.4 Å². The third kappa shape index (κ3) is 2.74. The predicted molar refractivity (Wildman–Crippen MR) is 52.7 cm³/mol. The molecule has 0 saturated heterocycles. The van der Waals surface area contributed by atoms with Gasteiger partial charge in [-0.1, -0.05) is 5.11 Å². The Morgan fingerprint density at radius 3 is 2.81 bits per heavy atom. The van der Waals surface area contributed by atoms with Crippen molar-refractivity contribution in [3.8, 4) is 0 Å². The molecule has 16 heavy (non-hydrogen) atoms. The summed E-state index contributed by atoms with van der Waals surface area (Å²) in [6.07, 6.45) is -1.30.